The molecule has 0 atom stereocenters. The molecular formula is C54H37N. The fourth-order valence-electron chi connectivity index (χ4n) is 8.64. The highest BCUT2D eigenvalue weighted by Crippen LogP contribution is 2.58. The van der Waals surface area contributed by atoms with E-state index in [0.717, 1.165) is 28.1 Å². The van der Waals surface area contributed by atoms with E-state index in [-0.39, 0.29) is 0 Å². The molecule has 0 aliphatic heterocycles. The minimum atomic E-state index is -0.478. The van der Waals surface area contributed by atoms with E-state index in [0.29, 0.717) is 0 Å². The Hall–Kier alpha value is -7.09. The van der Waals surface area contributed by atoms with Gasteiger partial charge in [0.25, 0.3) is 0 Å². The lowest BCUT2D eigenvalue weighted by Gasteiger charge is -2.34. The van der Waals surface area contributed by atoms with Crippen LogP contribution in [-0.4, -0.2) is 4.98 Å². The predicted octanol–water partition coefficient (Wildman–Crippen LogP) is 13.8. The minimum Gasteiger partial charge on any atom is -0.248 e. The SMILES string of the molecule is c1ccc(-c2cc(-c3ccccc3)nc(-c3ccc(-c4cc5c(cc4-c4ccccc4)-c4ccccc4C5(c4ccccc4)c4ccccc4)cc3)c2)cc1. The maximum absolute atomic E-state index is 5.22. The second-order valence-electron chi connectivity index (χ2n) is 14.3. The molecule has 1 nitrogen and oxygen atoms in total. The molecule has 0 unspecified atom stereocenters. The van der Waals surface area contributed by atoms with Gasteiger partial charge in [0.1, 0.15) is 0 Å². The second-order valence-corrected chi connectivity index (χ2v) is 14.3. The molecule has 0 bridgehead atoms. The van der Waals surface area contributed by atoms with E-state index in [1.54, 1.807) is 0 Å². The first-order valence-electron chi connectivity index (χ1n) is 19.0. The Morgan fingerprint density at radius 2 is 0.673 bits per heavy atom. The van der Waals surface area contributed by atoms with E-state index >= 15 is 0 Å². The van der Waals surface area contributed by atoms with Crippen molar-refractivity contribution in [1.82, 2.24) is 4.98 Å². The van der Waals surface area contributed by atoms with Gasteiger partial charge >= 0.3 is 0 Å². The summed E-state index contributed by atoms with van der Waals surface area (Å²) < 4.78 is 0. The lowest BCUT2D eigenvalue weighted by atomic mass is 9.67. The van der Waals surface area contributed by atoms with Crippen molar-refractivity contribution >= 4 is 0 Å². The zero-order valence-electron chi connectivity index (χ0n) is 30.3. The Balaban J connectivity index is 1.18. The maximum atomic E-state index is 5.22. The van der Waals surface area contributed by atoms with Crippen LogP contribution in [0.1, 0.15) is 22.3 Å². The first-order chi connectivity index (χ1) is 27.3. The van der Waals surface area contributed by atoms with E-state index in [1.165, 1.54) is 61.2 Å². The standard InChI is InChI=1S/C54H37N/c1-6-18-38(19-7-1)43-34-52(41-22-10-3-11-23-41)55-53(35-43)42-32-30-40(31-33-42)48-37-51-49(36-47(48)39-20-8-2-9-21-39)46-28-16-17-29-50(46)54(51,44-24-12-4-13-25-44)45-26-14-5-15-27-45/h1-37H. The van der Waals surface area contributed by atoms with Crippen LogP contribution in [0.15, 0.2) is 224 Å². The van der Waals surface area contributed by atoms with Crippen molar-refractivity contribution in [2.75, 3.05) is 0 Å². The number of aromatic nitrogens is 1. The average Bonchev–Trinajstić information content (AvgIpc) is 3.57. The van der Waals surface area contributed by atoms with Crippen LogP contribution in [0.2, 0.25) is 0 Å². The molecule has 0 radical (unpaired) electrons. The molecule has 0 spiro atoms. The van der Waals surface area contributed by atoms with Gasteiger partial charge in [-0.2, -0.15) is 0 Å². The molecule has 1 aromatic heterocycles. The zero-order valence-corrected chi connectivity index (χ0v) is 30.3. The van der Waals surface area contributed by atoms with Crippen molar-refractivity contribution in [2.24, 2.45) is 0 Å². The fraction of sp³-hybridized carbons (Fsp3) is 0.0185. The summed E-state index contributed by atoms with van der Waals surface area (Å²) in [5, 5.41) is 0. The number of pyridine rings is 1. The van der Waals surface area contributed by atoms with Crippen LogP contribution in [0.5, 0.6) is 0 Å². The molecule has 9 aromatic rings. The van der Waals surface area contributed by atoms with Crippen LogP contribution < -0.4 is 0 Å². The molecule has 0 fully saturated rings. The van der Waals surface area contributed by atoms with Gasteiger partial charge < -0.3 is 0 Å². The summed E-state index contributed by atoms with van der Waals surface area (Å²) in [6.07, 6.45) is 0. The van der Waals surface area contributed by atoms with Crippen molar-refractivity contribution in [3.8, 4) is 67.0 Å². The Bertz CT molecular complexity index is 2660. The first kappa shape index (κ1) is 32.6. The molecule has 0 amide bonds. The Morgan fingerprint density at radius 1 is 0.255 bits per heavy atom. The minimum absolute atomic E-state index is 0.478. The van der Waals surface area contributed by atoms with Gasteiger partial charge in [0, 0.05) is 11.1 Å². The molecule has 258 valence electrons. The Kier molecular flexibility index (Phi) is 8.12. The normalized spacial score (nSPS) is 12.5. The highest BCUT2D eigenvalue weighted by Gasteiger charge is 2.46. The van der Waals surface area contributed by atoms with E-state index in [4.69, 9.17) is 4.98 Å². The third kappa shape index (κ3) is 5.61. The van der Waals surface area contributed by atoms with Crippen molar-refractivity contribution in [1.29, 1.82) is 0 Å². The average molecular weight is 700 g/mol. The molecule has 55 heavy (non-hydrogen) atoms. The van der Waals surface area contributed by atoms with Gasteiger partial charge in [-0.3, -0.25) is 0 Å². The van der Waals surface area contributed by atoms with Crippen LogP contribution >= 0.6 is 0 Å². The van der Waals surface area contributed by atoms with Crippen LogP contribution in [0.3, 0.4) is 0 Å². The fourth-order valence-corrected chi connectivity index (χ4v) is 8.64. The van der Waals surface area contributed by atoms with Crippen LogP contribution in [-0.2, 0) is 5.41 Å². The summed E-state index contributed by atoms with van der Waals surface area (Å²) in [7, 11) is 0. The van der Waals surface area contributed by atoms with Gasteiger partial charge in [-0.05, 0) is 91.0 Å². The smallest absolute Gasteiger partial charge is 0.0715 e. The summed E-state index contributed by atoms with van der Waals surface area (Å²) in [6.45, 7) is 0. The largest absolute Gasteiger partial charge is 0.248 e. The second kappa shape index (κ2) is 13.7. The summed E-state index contributed by atoms with van der Waals surface area (Å²) in [6, 6.07) is 81.3. The highest BCUT2D eigenvalue weighted by atomic mass is 14.7. The molecule has 0 saturated carbocycles. The summed E-state index contributed by atoms with van der Waals surface area (Å²) in [5.41, 5.74) is 18.4. The van der Waals surface area contributed by atoms with E-state index in [1.807, 2.05) is 0 Å². The van der Waals surface area contributed by atoms with Gasteiger partial charge in [0.2, 0.25) is 0 Å². The van der Waals surface area contributed by atoms with Gasteiger partial charge in [-0.15, -0.1) is 0 Å². The zero-order chi connectivity index (χ0) is 36.6. The molecule has 0 N–H and O–H groups in total. The van der Waals surface area contributed by atoms with Crippen molar-refractivity contribution in [2.45, 2.75) is 5.41 Å². The summed E-state index contributed by atoms with van der Waals surface area (Å²) in [5.74, 6) is 0. The van der Waals surface area contributed by atoms with Crippen LogP contribution in [0.4, 0.5) is 0 Å². The predicted molar refractivity (Wildman–Crippen MR) is 229 cm³/mol. The molecule has 1 aliphatic rings. The van der Waals surface area contributed by atoms with Crippen molar-refractivity contribution in [3.05, 3.63) is 247 Å². The maximum Gasteiger partial charge on any atom is 0.0715 e. The molecular weight excluding hydrogens is 663 g/mol. The van der Waals surface area contributed by atoms with E-state index < -0.39 is 5.41 Å². The van der Waals surface area contributed by atoms with Gasteiger partial charge in [0.05, 0.1) is 16.8 Å². The van der Waals surface area contributed by atoms with Crippen LogP contribution in [0, 0.1) is 0 Å². The molecule has 1 aliphatic carbocycles. The Morgan fingerprint density at radius 3 is 1.25 bits per heavy atom. The molecule has 10 rings (SSSR count). The third-order valence-electron chi connectivity index (χ3n) is 11.2. The van der Waals surface area contributed by atoms with Crippen LogP contribution in [0.25, 0.3) is 67.0 Å². The third-order valence-corrected chi connectivity index (χ3v) is 11.2. The number of hydrogen-bond acceptors (Lipinski definition) is 1. The van der Waals surface area contributed by atoms with E-state index in [2.05, 4.69) is 224 Å². The molecule has 1 heterocycles. The number of fused-ring (bicyclic) bond motifs is 3. The number of rotatable bonds is 7. The lowest BCUT2D eigenvalue weighted by molar-refractivity contribution is 0.769. The number of benzene rings is 8. The summed E-state index contributed by atoms with van der Waals surface area (Å²) >= 11 is 0. The van der Waals surface area contributed by atoms with Gasteiger partial charge in [-0.1, -0.05) is 200 Å². The monoisotopic (exact) mass is 699 g/mol. The number of nitrogens with zero attached hydrogens (tertiary/aromatic N) is 1. The Labute approximate surface area is 322 Å². The first-order valence-corrected chi connectivity index (χ1v) is 19.0. The molecule has 1 heteroatoms. The summed E-state index contributed by atoms with van der Waals surface area (Å²) in [4.78, 5) is 5.22. The number of hydrogen-bond donors (Lipinski definition) is 0. The topological polar surface area (TPSA) is 12.9 Å². The van der Waals surface area contributed by atoms with E-state index in [9.17, 15) is 0 Å². The lowest BCUT2D eigenvalue weighted by Crippen LogP contribution is -2.28. The quantitative estimate of drug-likeness (QED) is 0.161. The van der Waals surface area contributed by atoms with Crippen molar-refractivity contribution < 1.29 is 0 Å². The highest BCUT2D eigenvalue weighted by molar-refractivity contribution is 5.95. The molecule has 0 saturated heterocycles. The van der Waals surface area contributed by atoms with Gasteiger partial charge in [-0.25, -0.2) is 4.98 Å². The molecule has 8 aromatic carbocycles. The van der Waals surface area contributed by atoms with Gasteiger partial charge in [0.15, 0.2) is 0 Å². The van der Waals surface area contributed by atoms with Crippen molar-refractivity contribution in [3.63, 3.8) is 0 Å².